The fraction of sp³-hybridized carbons (Fsp3) is 0.200. The highest BCUT2D eigenvalue weighted by atomic mass is 32.1. The molecular weight excluding hydrogens is 122 g/mol. The lowest BCUT2D eigenvalue weighted by atomic mass is 10.4. The molecular formula is C5H7NOS. The minimum absolute atomic E-state index is 0.0991. The van der Waals surface area contributed by atoms with Crippen LogP contribution in [0.3, 0.4) is 0 Å². The van der Waals surface area contributed by atoms with E-state index in [1.807, 2.05) is 5.38 Å². The molecule has 0 fully saturated rings. The quantitative estimate of drug-likeness (QED) is 0.589. The van der Waals surface area contributed by atoms with Gasteiger partial charge in [0.1, 0.15) is 0 Å². The number of anilines is 1. The molecule has 0 saturated carbocycles. The minimum atomic E-state index is 0.0991. The average Bonchev–Trinajstić information content (AvgIpc) is 2.14. The van der Waals surface area contributed by atoms with Crippen LogP contribution >= 0.6 is 11.3 Å². The summed E-state index contributed by atoms with van der Waals surface area (Å²) < 4.78 is 0. The third-order valence-electron chi connectivity index (χ3n) is 0.830. The molecule has 0 unspecified atom stereocenters. The molecule has 1 aromatic heterocycles. The van der Waals surface area contributed by atoms with E-state index in [1.54, 1.807) is 6.07 Å². The molecule has 0 radical (unpaired) electrons. The Morgan fingerprint density at radius 2 is 2.50 bits per heavy atom. The molecule has 3 heteroatoms. The SMILES string of the molecule is Nc1csc(CO)c1. The van der Waals surface area contributed by atoms with Gasteiger partial charge in [-0.05, 0) is 6.07 Å². The number of aliphatic hydroxyl groups is 1. The van der Waals surface area contributed by atoms with Gasteiger partial charge in [0.05, 0.1) is 6.61 Å². The number of rotatable bonds is 1. The van der Waals surface area contributed by atoms with Crippen molar-refractivity contribution in [2.24, 2.45) is 0 Å². The van der Waals surface area contributed by atoms with Gasteiger partial charge in [0.25, 0.3) is 0 Å². The van der Waals surface area contributed by atoms with E-state index in [9.17, 15) is 0 Å². The fourth-order valence-electron chi connectivity index (χ4n) is 0.481. The van der Waals surface area contributed by atoms with Gasteiger partial charge in [-0.15, -0.1) is 11.3 Å². The molecule has 0 spiro atoms. The Balaban J connectivity index is 2.84. The maximum Gasteiger partial charge on any atom is 0.0775 e. The first kappa shape index (κ1) is 5.59. The van der Waals surface area contributed by atoms with Crippen molar-refractivity contribution in [1.82, 2.24) is 0 Å². The molecule has 0 aliphatic rings. The van der Waals surface area contributed by atoms with Crippen LogP contribution in [0.15, 0.2) is 11.4 Å². The zero-order valence-corrected chi connectivity index (χ0v) is 5.11. The molecule has 1 heterocycles. The molecule has 0 aromatic carbocycles. The molecule has 1 aromatic rings. The smallest absolute Gasteiger partial charge is 0.0775 e. The number of aliphatic hydroxyl groups excluding tert-OH is 1. The topological polar surface area (TPSA) is 46.2 Å². The molecule has 0 aliphatic carbocycles. The second kappa shape index (κ2) is 2.15. The predicted octanol–water partition coefficient (Wildman–Crippen LogP) is 0.823. The molecule has 8 heavy (non-hydrogen) atoms. The largest absolute Gasteiger partial charge is 0.398 e. The van der Waals surface area contributed by atoms with Crippen molar-refractivity contribution in [3.05, 3.63) is 16.3 Å². The molecule has 3 N–H and O–H groups in total. The molecule has 0 saturated heterocycles. The molecule has 0 bridgehead atoms. The van der Waals surface area contributed by atoms with Gasteiger partial charge in [-0.1, -0.05) is 0 Å². The number of thiophene rings is 1. The van der Waals surface area contributed by atoms with Gasteiger partial charge >= 0.3 is 0 Å². The molecule has 1 rings (SSSR count). The van der Waals surface area contributed by atoms with Crippen molar-refractivity contribution in [3.63, 3.8) is 0 Å². The molecule has 44 valence electrons. The summed E-state index contributed by atoms with van der Waals surface area (Å²) in [6.07, 6.45) is 0. The monoisotopic (exact) mass is 129 g/mol. The van der Waals surface area contributed by atoms with Crippen molar-refractivity contribution in [1.29, 1.82) is 0 Å². The summed E-state index contributed by atoms with van der Waals surface area (Å²) in [6, 6.07) is 1.77. The number of nitrogen functional groups attached to an aromatic ring is 1. The third kappa shape index (κ3) is 0.993. The van der Waals surface area contributed by atoms with Crippen LogP contribution in [0.5, 0.6) is 0 Å². The highest BCUT2D eigenvalue weighted by molar-refractivity contribution is 7.10. The standard InChI is InChI=1S/C5H7NOS/c6-4-1-5(2-7)8-3-4/h1,3,7H,2,6H2. The first-order chi connectivity index (χ1) is 3.83. The van der Waals surface area contributed by atoms with Crippen molar-refractivity contribution < 1.29 is 5.11 Å². The second-order valence-corrected chi connectivity index (χ2v) is 2.50. The number of nitrogens with two attached hydrogens (primary N) is 1. The van der Waals surface area contributed by atoms with Gasteiger partial charge in [0.2, 0.25) is 0 Å². The summed E-state index contributed by atoms with van der Waals surface area (Å²) >= 11 is 1.47. The van der Waals surface area contributed by atoms with E-state index in [1.165, 1.54) is 11.3 Å². The van der Waals surface area contributed by atoms with Crippen molar-refractivity contribution in [3.8, 4) is 0 Å². The Bertz CT molecular complexity index is 173. The molecule has 0 atom stereocenters. The summed E-state index contributed by atoms with van der Waals surface area (Å²) in [7, 11) is 0. The highest BCUT2D eigenvalue weighted by Crippen LogP contribution is 2.14. The number of hydrogen-bond donors (Lipinski definition) is 2. The minimum Gasteiger partial charge on any atom is -0.398 e. The molecule has 2 nitrogen and oxygen atoms in total. The van der Waals surface area contributed by atoms with E-state index >= 15 is 0 Å². The van der Waals surface area contributed by atoms with Gasteiger partial charge < -0.3 is 10.8 Å². The Morgan fingerprint density at radius 1 is 1.75 bits per heavy atom. The van der Waals surface area contributed by atoms with Crippen LogP contribution in [0.25, 0.3) is 0 Å². The maximum absolute atomic E-state index is 8.51. The van der Waals surface area contributed by atoms with E-state index < -0.39 is 0 Å². The Morgan fingerprint density at radius 3 is 2.75 bits per heavy atom. The highest BCUT2D eigenvalue weighted by Gasteiger charge is 1.91. The van der Waals surface area contributed by atoms with Crippen LogP contribution in [-0.4, -0.2) is 5.11 Å². The van der Waals surface area contributed by atoms with Gasteiger partial charge in [-0.3, -0.25) is 0 Å². The fourth-order valence-corrected chi connectivity index (χ4v) is 1.11. The van der Waals surface area contributed by atoms with Crippen molar-refractivity contribution in [2.45, 2.75) is 6.61 Å². The lowest BCUT2D eigenvalue weighted by Gasteiger charge is -1.80. The van der Waals surface area contributed by atoms with Crippen LogP contribution in [-0.2, 0) is 6.61 Å². The van der Waals surface area contributed by atoms with E-state index in [-0.39, 0.29) is 6.61 Å². The number of hydrogen-bond acceptors (Lipinski definition) is 3. The lowest BCUT2D eigenvalue weighted by Crippen LogP contribution is -1.77. The zero-order valence-electron chi connectivity index (χ0n) is 4.29. The van der Waals surface area contributed by atoms with Gasteiger partial charge in [-0.2, -0.15) is 0 Å². The first-order valence-corrected chi connectivity index (χ1v) is 3.14. The van der Waals surface area contributed by atoms with E-state index in [0.29, 0.717) is 0 Å². The van der Waals surface area contributed by atoms with Crippen molar-refractivity contribution in [2.75, 3.05) is 5.73 Å². The summed E-state index contributed by atoms with van der Waals surface area (Å²) in [4.78, 5) is 0.919. The summed E-state index contributed by atoms with van der Waals surface area (Å²) in [5.74, 6) is 0. The van der Waals surface area contributed by atoms with Crippen LogP contribution in [0.2, 0.25) is 0 Å². The Hall–Kier alpha value is -0.540. The van der Waals surface area contributed by atoms with E-state index in [4.69, 9.17) is 10.8 Å². The second-order valence-electron chi connectivity index (χ2n) is 1.50. The predicted molar refractivity (Wildman–Crippen MR) is 34.7 cm³/mol. The third-order valence-corrected chi connectivity index (χ3v) is 1.77. The van der Waals surface area contributed by atoms with Crippen LogP contribution in [0.1, 0.15) is 4.88 Å². The molecule has 0 aliphatic heterocycles. The van der Waals surface area contributed by atoms with Gasteiger partial charge in [-0.25, -0.2) is 0 Å². The average molecular weight is 129 g/mol. The summed E-state index contributed by atoms with van der Waals surface area (Å²) in [5, 5.41) is 10.3. The first-order valence-electron chi connectivity index (χ1n) is 2.26. The normalized spacial score (nSPS) is 9.62. The summed E-state index contributed by atoms with van der Waals surface area (Å²) in [6.45, 7) is 0.0991. The molecule has 0 amide bonds. The summed E-state index contributed by atoms with van der Waals surface area (Å²) in [5.41, 5.74) is 6.09. The van der Waals surface area contributed by atoms with Crippen LogP contribution in [0, 0.1) is 0 Å². The van der Waals surface area contributed by atoms with Crippen LogP contribution < -0.4 is 5.73 Å². The van der Waals surface area contributed by atoms with E-state index in [2.05, 4.69) is 0 Å². The van der Waals surface area contributed by atoms with Gasteiger partial charge in [0, 0.05) is 15.9 Å². The van der Waals surface area contributed by atoms with Crippen molar-refractivity contribution >= 4 is 17.0 Å². The maximum atomic E-state index is 8.51. The Kier molecular flexibility index (Phi) is 1.50. The van der Waals surface area contributed by atoms with Gasteiger partial charge in [0.15, 0.2) is 0 Å². The van der Waals surface area contributed by atoms with Crippen LogP contribution in [0.4, 0.5) is 5.69 Å². The Labute approximate surface area is 51.6 Å². The lowest BCUT2D eigenvalue weighted by molar-refractivity contribution is 0.285. The van der Waals surface area contributed by atoms with E-state index in [0.717, 1.165) is 10.6 Å². The zero-order chi connectivity index (χ0) is 5.98.